The second kappa shape index (κ2) is 7.01. The van der Waals surface area contributed by atoms with Gasteiger partial charge in [-0.3, -0.25) is 14.5 Å². The summed E-state index contributed by atoms with van der Waals surface area (Å²) in [6, 6.07) is 1.92. The maximum atomic E-state index is 12.6. The fourth-order valence-electron chi connectivity index (χ4n) is 3.83. The molecule has 0 radical (unpaired) electrons. The molecule has 0 aliphatic carbocycles. The molecular weight excluding hydrogens is 310 g/mol. The van der Waals surface area contributed by atoms with Crippen molar-refractivity contribution >= 4 is 23.2 Å². The average Bonchev–Trinajstić information content (AvgIpc) is 3.11. The zero-order chi connectivity index (χ0) is 16.3. The molecule has 2 amide bonds. The third-order valence-electron chi connectivity index (χ3n) is 5.28. The van der Waals surface area contributed by atoms with Gasteiger partial charge in [-0.25, -0.2) is 0 Å². The third kappa shape index (κ3) is 3.75. The number of likely N-dealkylation sites (tertiary alicyclic amines) is 2. The number of carbonyl (C=O) groups is 2. The second-order valence-electron chi connectivity index (χ2n) is 6.79. The monoisotopic (exact) mass is 335 g/mol. The minimum Gasteiger partial charge on any atom is -0.358 e. The van der Waals surface area contributed by atoms with E-state index in [0.717, 1.165) is 51.0 Å². The Bertz CT molecular complexity index is 550. The first-order valence-electron chi connectivity index (χ1n) is 8.36. The van der Waals surface area contributed by atoms with Gasteiger partial charge in [-0.2, -0.15) is 11.3 Å². The van der Waals surface area contributed by atoms with Gasteiger partial charge < -0.3 is 10.2 Å². The molecule has 1 aromatic rings. The molecule has 5 nitrogen and oxygen atoms in total. The molecular formula is C17H25N3O2S. The van der Waals surface area contributed by atoms with Gasteiger partial charge in [-0.1, -0.05) is 0 Å². The first-order chi connectivity index (χ1) is 11.1. The van der Waals surface area contributed by atoms with Crippen LogP contribution in [-0.4, -0.2) is 61.4 Å². The van der Waals surface area contributed by atoms with E-state index < -0.39 is 0 Å². The molecule has 0 unspecified atom stereocenters. The van der Waals surface area contributed by atoms with E-state index >= 15 is 0 Å². The smallest absolute Gasteiger partial charge is 0.254 e. The lowest BCUT2D eigenvalue weighted by Crippen LogP contribution is -2.52. The van der Waals surface area contributed by atoms with Crippen molar-refractivity contribution in [3.8, 4) is 0 Å². The second-order valence-corrected chi connectivity index (χ2v) is 7.57. The Morgan fingerprint density at radius 1 is 1.26 bits per heavy atom. The number of rotatable bonds is 3. The molecule has 0 aromatic carbocycles. The molecule has 2 saturated heterocycles. The van der Waals surface area contributed by atoms with Crippen LogP contribution < -0.4 is 5.32 Å². The minimum absolute atomic E-state index is 0.0823. The predicted octanol–water partition coefficient (Wildman–Crippen LogP) is 1.81. The number of carbonyl (C=O) groups excluding carboxylic acids is 2. The Morgan fingerprint density at radius 2 is 2.04 bits per heavy atom. The SMILES string of the molecule is CNC(=O)CN1CCC2(CCCN(C(=O)c3ccsc3)C2)CC1. The standard InChI is InChI=1S/C17H25N3O2S/c1-18-15(21)11-19-8-5-17(6-9-19)4-2-7-20(13-17)16(22)14-3-10-23-12-14/h3,10,12H,2,4-9,11,13H2,1H3,(H,18,21). The number of nitrogens with zero attached hydrogens (tertiary/aromatic N) is 2. The fraction of sp³-hybridized carbons (Fsp3) is 0.647. The van der Waals surface area contributed by atoms with Crippen molar-refractivity contribution in [2.75, 3.05) is 39.8 Å². The fourth-order valence-corrected chi connectivity index (χ4v) is 4.46. The van der Waals surface area contributed by atoms with Crippen LogP contribution in [0.2, 0.25) is 0 Å². The molecule has 2 fully saturated rings. The summed E-state index contributed by atoms with van der Waals surface area (Å²) in [6.45, 7) is 4.14. The van der Waals surface area contributed by atoms with Crippen LogP contribution in [0.3, 0.4) is 0 Å². The van der Waals surface area contributed by atoms with Crippen molar-refractivity contribution in [2.45, 2.75) is 25.7 Å². The van der Waals surface area contributed by atoms with Crippen LogP contribution in [-0.2, 0) is 4.79 Å². The van der Waals surface area contributed by atoms with Gasteiger partial charge in [0.1, 0.15) is 0 Å². The summed E-state index contributed by atoms with van der Waals surface area (Å²) >= 11 is 1.58. The van der Waals surface area contributed by atoms with Crippen LogP contribution in [0.1, 0.15) is 36.0 Å². The summed E-state index contributed by atoms with van der Waals surface area (Å²) in [7, 11) is 1.68. The van der Waals surface area contributed by atoms with E-state index in [1.165, 1.54) is 6.42 Å². The summed E-state index contributed by atoms with van der Waals surface area (Å²) < 4.78 is 0. The number of amides is 2. The van der Waals surface area contributed by atoms with E-state index in [4.69, 9.17) is 0 Å². The molecule has 0 saturated carbocycles. The molecule has 3 rings (SSSR count). The highest BCUT2D eigenvalue weighted by molar-refractivity contribution is 7.08. The first-order valence-corrected chi connectivity index (χ1v) is 9.31. The molecule has 3 heterocycles. The van der Waals surface area contributed by atoms with Crippen LogP contribution in [0.15, 0.2) is 16.8 Å². The van der Waals surface area contributed by atoms with E-state index in [2.05, 4.69) is 10.2 Å². The summed E-state index contributed by atoms with van der Waals surface area (Å²) in [5, 5.41) is 6.59. The number of likely N-dealkylation sites (N-methyl/N-ethyl adjacent to an activating group) is 1. The lowest BCUT2D eigenvalue weighted by Gasteiger charge is -2.47. The highest BCUT2D eigenvalue weighted by atomic mass is 32.1. The Morgan fingerprint density at radius 3 is 2.70 bits per heavy atom. The van der Waals surface area contributed by atoms with Gasteiger partial charge in [0.05, 0.1) is 12.1 Å². The predicted molar refractivity (Wildman–Crippen MR) is 91.6 cm³/mol. The van der Waals surface area contributed by atoms with E-state index in [1.54, 1.807) is 18.4 Å². The average molecular weight is 335 g/mol. The number of piperidine rings is 2. The first kappa shape index (κ1) is 16.5. The number of nitrogens with one attached hydrogen (secondary N) is 1. The number of hydrogen-bond donors (Lipinski definition) is 1. The maximum absolute atomic E-state index is 12.6. The van der Waals surface area contributed by atoms with Crippen LogP contribution in [0.5, 0.6) is 0 Å². The summed E-state index contributed by atoms with van der Waals surface area (Å²) in [5.41, 5.74) is 1.08. The van der Waals surface area contributed by atoms with Crippen molar-refractivity contribution in [2.24, 2.45) is 5.41 Å². The Hall–Kier alpha value is -1.40. The highest BCUT2D eigenvalue weighted by Gasteiger charge is 2.39. The Kier molecular flexibility index (Phi) is 5.02. The number of hydrogen-bond acceptors (Lipinski definition) is 4. The van der Waals surface area contributed by atoms with Crippen molar-refractivity contribution in [1.29, 1.82) is 0 Å². The number of thiophene rings is 1. The van der Waals surface area contributed by atoms with Crippen molar-refractivity contribution < 1.29 is 9.59 Å². The van der Waals surface area contributed by atoms with Gasteiger partial charge in [0.15, 0.2) is 0 Å². The van der Waals surface area contributed by atoms with Gasteiger partial charge in [-0.15, -0.1) is 0 Å². The molecule has 126 valence electrons. The van der Waals surface area contributed by atoms with Gasteiger partial charge in [0.25, 0.3) is 5.91 Å². The minimum atomic E-state index is 0.0823. The third-order valence-corrected chi connectivity index (χ3v) is 5.96. The lowest BCUT2D eigenvalue weighted by molar-refractivity contribution is -0.122. The molecule has 6 heteroatoms. The molecule has 0 bridgehead atoms. The topological polar surface area (TPSA) is 52.7 Å². The van der Waals surface area contributed by atoms with Gasteiger partial charge in [0.2, 0.25) is 5.91 Å². The van der Waals surface area contributed by atoms with Crippen molar-refractivity contribution in [1.82, 2.24) is 15.1 Å². The summed E-state index contributed by atoms with van der Waals surface area (Å²) in [6.07, 6.45) is 4.45. The molecule has 1 spiro atoms. The van der Waals surface area contributed by atoms with Crippen LogP contribution in [0.4, 0.5) is 0 Å². The van der Waals surface area contributed by atoms with Gasteiger partial charge in [-0.05, 0) is 55.6 Å². The lowest BCUT2D eigenvalue weighted by atomic mass is 9.72. The molecule has 2 aliphatic heterocycles. The Labute approximate surface area is 141 Å². The molecule has 1 aromatic heterocycles. The zero-order valence-electron chi connectivity index (χ0n) is 13.7. The van der Waals surface area contributed by atoms with Crippen LogP contribution in [0.25, 0.3) is 0 Å². The molecule has 1 N–H and O–H groups in total. The van der Waals surface area contributed by atoms with E-state index in [-0.39, 0.29) is 17.2 Å². The van der Waals surface area contributed by atoms with Crippen molar-refractivity contribution in [3.63, 3.8) is 0 Å². The summed E-state index contributed by atoms with van der Waals surface area (Å²) in [4.78, 5) is 28.4. The van der Waals surface area contributed by atoms with E-state index in [1.807, 2.05) is 21.7 Å². The van der Waals surface area contributed by atoms with Crippen LogP contribution >= 0.6 is 11.3 Å². The molecule has 23 heavy (non-hydrogen) atoms. The zero-order valence-corrected chi connectivity index (χ0v) is 14.5. The maximum Gasteiger partial charge on any atom is 0.254 e. The highest BCUT2D eigenvalue weighted by Crippen LogP contribution is 2.40. The van der Waals surface area contributed by atoms with Gasteiger partial charge >= 0.3 is 0 Å². The van der Waals surface area contributed by atoms with Crippen LogP contribution in [0, 0.1) is 5.41 Å². The van der Waals surface area contributed by atoms with E-state index in [0.29, 0.717) is 6.54 Å². The summed E-state index contributed by atoms with van der Waals surface area (Å²) in [5.74, 6) is 0.261. The molecule has 0 atom stereocenters. The largest absolute Gasteiger partial charge is 0.358 e. The Balaban J connectivity index is 1.58. The van der Waals surface area contributed by atoms with E-state index in [9.17, 15) is 9.59 Å². The quantitative estimate of drug-likeness (QED) is 0.917. The normalized spacial score (nSPS) is 21.3. The molecule has 2 aliphatic rings. The van der Waals surface area contributed by atoms with Gasteiger partial charge in [0, 0.05) is 25.5 Å². The van der Waals surface area contributed by atoms with Crippen molar-refractivity contribution in [3.05, 3.63) is 22.4 Å².